The van der Waals surface area contributed by atoms with E-state index >= 15 is 0 Å². The fourth-order valence-corrected chi connectivity index (χ4v) is 3.36. The molecule has 0 radical (unpaired) electrons. The molecule has 1 aliphatic carbocycles. The third-order valence-corrected chi connectivity index (χ3v) is 4.81. The lowest BCUT2D eigenvalue weighted by Crippen LogP contribution is -1.93. The van der Waals surface area contributed by atoms with Gasteiger partial charge in [0.25, 0.3) is 0 Å². The van der Waals surface area contributed by atoms with E-state index in [4.69, 9.17) is 4.52 Å². The minimum absolute atomic E-state index is 0.866. The van der Waals surface area contributed by atoms with Crippen LogP contribution in [0.25, 0.3) is 22.5 Å². The molecule has 0 aromatic carbocycles. The van der Waals surface area contributed by atoms with E-state index in [-0.39, 0.29) is 0 Å². The van der Waals surface area contributed by atoms with Crippen LogP contribution < -0.4 is 0 Å². The molecule has 1 aliphatic rings. The van der Waals surface area contributed by atoms with Crippen LogP contribution in [0.15, 0.2) is 102 Å². The number of aryl methyl sites for hydroxylation is 1. The molecule has 4 rings (SSSR count). The molecule has 3 aromatic rings. The summed E-state index contributed by atoms with van der Waals surface area (Å²) in [7, 11) is 0. The van der Waals surface area contributed by atoms with Crippen LogP contribution in [0.4, 0.5) is 0 Å². The number of nitrogens with zero attached hydrogens (tertiary/aromatic N) is 3. The van der Waals surface area contributed by atoms with E-state index < -0.39 is 0 Å². The number of allylic oxidation sites excluding steroid dienone is 11. The van der Waals surface area contributed by atoms with Crippen LogP contribution in [0.5, 0.6) is 0 Å². The lowest BCUT2D eigenvalue weighted by Gasteiger charge is -2.11. The number of rotatable bonds is 4. The number of pyridine rings is 1. The van der Waals surface area contributed by atoms with E-state index in [0.29, 0.717) is 0 Å². The number of nitrogens with one attached hydrogen (secondary N) is 1. The maximum absolute atomic E-state index is 5.04. The van der Waals surface area contributed by atoms with E-state index in [1.54, 1.807) is 12.5 Å². The summed E-state index contributed by atoms with van der Waals surface area (Å²) < 4.78 is 5.04. The van der Waals surface area contributed by atoms with Gasteiger partial charge in [0.15, 0.2) is 0 Å². The minimum Gasteiger partial charge on any atom is -0.364 e. The lowest BCUT2D eigenvalue weighted by atomic mass is 9.93. The van der Waals surface area contributed by atoms with Gasteiger partial charge in [-0.3, -0.25) is 10.1 Å². The average Bonchev–Trinajstić information content (AvgIpc) is 3.42. The van der Waals surface area contributed by atoms with Crippen molar-refractivity contribution in [1.82, 2.24) is 20.3 Å². The maximum atomic E-state index is 5.04. The first-order valence-corrected chi connectivity index (χ1v) is 9.67. The molecule has 3 aromatic heterocycles. The zero-order valence-electron chi connectivity index (χ0n) is 17.0. The van der Waals surface area contributed by atoms with Crippen molar-refractivity contribution in [2.45, 2.75) is 13.8 Å². The molecule has 3 heterocycles. The summed E-state index contributed by atoms with van der Waals surface area (Å²) >= 11 is 0. The second kappa shape index (κ2) is 8.57. The first-order chi connectivity index (χ1) is 14.7. The van der Waals surface area contributed by atoms with Crippen molar-refractivity contribution in [2.75, 3.05) is 0 Å². The molecule has 0 atom stereocenters. The minimum atomic E-state index is 0.866. The highest BCUT2D eigenvalue weighted by atomic mass is 16.5. The fraction of sp³-hybridized carbons (Fsp3) is 0.0800. The van der Waals surface area contributed by atoms with Crippen molar-refractivity contribution in [2.24, 2.45) is 0 Å². The maximum Gasteiger partial charge on any atom is 0.131 e. The highest BCUT2D eigenvalue weighted by Gasteiger charge is 2.14. The molecular weight excluding hydrogens is 372 g/mol. The highest BCUT2D eigenvalue weighted by Crippen LogP contribution is 2.31. The summed E-state index contributed by atoms with van der Waals surface area (Å²) in [6.45, 7) is 8.24. The first kappa shape index (κ1) is 19.3. The summed E-state index contributed by atoms with van der Waals surface area (Å²) in [6, 6.07) is 5.96. The monoisotopic (exact) mass is 394 g/mol. The summed E-state index contributed by atoms with van der Waals surface area (Å²) in [5, 5.41) is 11.2. The molecular formula is C25H22N4O. The van der Waals surface area contributed by atoms with E-state index in [1.807, 2.05) is 62.5 Å². The molecule has 5 heteroatoms. The van der Waals surface area contributed by atoms with Gasteiger partial charge in [0.1, 0.15) is 6.26 Å². The molecule has 0 spiro atoms. The van der Waals surface area contributed by atoms with Gasteiger partial charge in [0.05, 0.1) is 23.8 Å². The van der Waals surface area contributed by atoms with Gasteiger partial charge in [-0.05, 0) is 48.3 Å². The van der Waals surface area contributed by atoms with Gasteiger partial charge >= 0.3 is 0 Å². The topological polar surface area (TPSA) is 67.6 Å². The molecule has 0 fully saturated rings. The SMILES string of the molecule is C=C1\C=C/C(c2cn[nH]c2-c2cccc(C)n2)=C/C=C/C1=C(/C=C\C)c1cnoc1. The predicted molar refractivity (Wildman–Crippen MR) is 120 cm³/mol. The molecule has 0 amide bonds. The molecule has 0 saturated carbocycles. The Kier molecular flexibility index (Phi) is 5.52. The van der Waals surface area contributed by atoms with Crippen LogP contribution in [0, 0.1) is 6.92 Å². The summed E-state index contributed by atoms with van der Waals surface area (Å²) in [4.78, 5) is 4.62. The Hall–Kier alpha value is -3.99. The smallest absolute Gasteiger partial charge is 0.131 e. The van der Waals surface area contributed by atoms with E-state index in [2.05, 4.69) is 45.1 Å². The Labute approximate surface area is 175 Å². The van der Waals surface area contributed by atoms with Crippen LogP contribution in [-0.4, -0.2) is 20.3 Å². The lowest BCUT2D eigenvalue weighted by molar-refractivity contribution is 0.419. The molecule has 5 nitrogen and oxygen atoms in total. The van der Waals surface area contributed by atoms with Crippen LogP contribution in [0.1, 0.15) is 23.7 Å². The van der Waals surface area contributed by atoms with Crippen molar-refractivity contribution in [3.05, 3.63) is 114 Å². The quantitative estimate of drug-likeness (QED) is 0.601. The van der Waals surface area contributed by atoms with Crippen molar-refractivity contribution in [3.8, 4) is 11.4 Å². The summed E-state index contributed by atoms with van der Waals surface area (Å²) in [5.41, 5.74) is 8.56. The van der Waals surface area contributed by atoms with Crippen LogP contribution in [0.2, 0.25) is 0 Å². The van der Waals surface area contributed by atoms with Crippen molar-refractivity contribution in [1.29, 1.82) is 0 Å². The molecule has 0 aliphatic heterocycles. The van der Waals surface area contributed by atoms with Gasteiger partial charge < -0.3 is 4.52 Å². The Balaban J connectivity index is 1.76. The van der Waals surface area contributed by atoms with Gasteiger partial charge in [-0.2, -0.15) is 5.10 Å². The first-order valence-electron chi connectivity index (χ1n) is 9.67. The Morgan fingerprint density at radius 2 is 2.07 bits per heavy atom. The van der Waals surface area contributed by atoms with E-state index in [9.17, 15) is 0 Å². The largest absolute Gasteiger partial charge is 0.364 e. The van der Waals surface area contributed by atoms with Crippen molar-refractivity contribution in [3.63, 3.8) is 0 Å². The van der Waals surface area contributed by atoms with Crippen molar-refractivity contribution < 1.29 is 4.52 Å². The van der Waals surface area contributed by atoms with E-state index in [1.165, 1.54) is 0 Å². The Bertz CT molecular complexity index is 1220. The molecule has 0 saturated heterocycles. The highest BCUT2D eigenvalue weighted by molar-refractivity contribution is 5.86. The number of H-pyrrole nitrogens is 1. The van der Waals surface area contributed by atoms with E-state index in [0.717, 1.165) is 50.5 Å². The standard InChI is InChI=1S/C25H22N4O/c1-4-7-22(20-14-27-30-16-20)21-10-6-9-19(13-12-17(21)2)23-15-26-29-25(23)24-11-5-8-18(3)28-24/h4-16H,2H2,1,3H3,(H,26,29)/b7-4-,10-6+,13-12-,19-9-,22-21+. The Morgan fingerprint density at radius 1 is 1.17 bits per heavy atom. The number of hydrogen-bond donors (Lipinski definition) is 1. The summed E-state index contributed by atoms with van der Waals surface area (Å²) in [6.07, 6.45) is 19.4. The molecule has 0 unspecified atom stereocenters. The molecule has 1 N–H and O–H groups in total. The predicted octanol–water partition coefficient (Wildman–Crippen LogP) is 5.86. The second-order valence-corrected chi connectivity index (χ2v) is 6.90. The van der Waals surface area contributed by atoms with Crippen LogP contribution >= 0.6 is 0 Å². The van der Waals surface area contributed by atoms with Gasteiger partial charge in [-0.15, -0.1) is 0 Å². The van der Waals surface area contributed by atoms with Crippen LogP contribution in [0.3, 0.4) is 0 Å². The van der Waals surface area contributed by atoms with Crippen molar-refractivity contribution >= 4 is 11.1 Å². The average molecular weight is 394 g/mol. The third-order valence-electron chi connectivity index (χ3n) is 4.81. The normalized spacial score (nSPS) is 19.8. The molecule has 30 heavy (non-hydrogen) atoms. The number of aromatic nitrogens is 4. The van der Waals surface area contributed by atoms with Gasteiger partial charge in [-0.25, -0.2) is 0 Å². The number of hydrogen-bond acceptors (Lipinski definition) is 4. The zero-order chi connectivity index (χ0) is 20.9. The molecule has 148 valence electrons. The molecule has 0 bridgehead atoms. The van der Waals surface area contributed by atoms with Gasteiger partial charge in [0, 0.05) is 16.8 Å². The zero-order valence-corrected chi connectivity index (χ0v) is 17.0. The summed E-state index contributed by atoms with van der Waals surface area (Å²) in [5.74, 6) is 0. The van der Waals surface area contributed by atoms with Crippen LogP contribution in [-0.2, 0) is 0 Å². The number of aromatic amines is 1. The van der Waals surface area contributed by atoms with Gasteiger partial charge in [-0.1, -0.05) is 60.3 Å². The fourth-order valence-electron chi connectivity index (χ4n) is 3.36. The Morgan fingerprint density at radius 3 is 2.83 bits per heavy atom. The van der Waals surface area contributed by atoms with Gasteiger partial charge in [0.2, 0.25) is 0 Å². The third kappa shape index (κ3) is 3.91. The second-order valence-electron chi connectivity index (χ2n) is 6.90.